The van der Waals surface area contributed by atoms with Crippen LogP contribution in [0.1, 0.15) is 71.6 Å². The molecule has 5 rings (SSSR count). The number of unbranched alkanes of at least 4 members (excludes halogenated alkanes) is 2. The molecular formula is C38H44N2O. The van der Waals surface area contributed by atoms with Gasteiger partial charge < -0.3 is 4.90 Å². The number of benzene rings is 4. The molecule has 1 fully saturated rings. The van der Waals surface area contributed by atoms with Crippen molar-refractivity contribution in [2.75, 3.05) is 13.1 Å². The van der Waals surface area contributed by atoms with Crippen LogP contribution in [-0.4, -0.2) is 34.8 Å². The Hall–Kier alpha value is -3.69. The Balaban J connectivity index is 1.31. The SMILES string of the molecule is CCCCCc1ccc(C(=O)N(Cc2ccc(-c3cccc(C)c3)cc2)C2CCN(Cc3ccccc3)CC2)cc1. The molecule has 1 heterocycles. The van der Waals surface area contributed by atoms with Gasteiger partial charge in [0.15, 0.2) is 0 Å². The van der Waals surface area contributed by atoms with E-state index in [2.05, 4.69) is 115 Å². The topological polar surface area (TPSA) is 23.6 Å². The number of piperidine rings is 1. The van der Waals surface area contributed by atoms with Gasteiger partial charge in [-0.1, -0.05) is 116 Å². The molecule has 0 aromatic heterocycles. The fraction of sp³-hybridized carbons (Fsp3) is 0.342. The first-order chi connectivity index (χ1) is 20.1. The summed E-state index contributed by atoms with van der Waals surface area (Å²) in [6.07, 6.45) is 6.75. The molecule has 1 aliphatic rings. The molecule has 41 heavy (non-hydrogen) atoms. The van der Waals surface area contributed by atoms with Gasteiger partial charge in [0, 0.05) is 37.8 Å². The summed E-state index contributed by atoms with van der Waals surface area (Å²) in [5, 5.41) is 0. The number of nitrogens with zero attached hydrogens (tertiary/aromatic N) is 2. The maximum Gasteiger partial charge on any atom is 0.254 e. The molecule has 4 aromatic rings. The average molecular weight is 545 g/mol. The van der Waals surface area contributed by atoms with Crippen molar-refractivity contribution in [1.82, 2.24) is 9.80 Å². The van der Waals surface area contributed by atoms with E-state index in [1.165, 1.54) is 52.6 Å². The van der Waals surface area contributed by atoms with Gasteiger partial charge in [-0.2, -0.15) is 0 Å². The highest BCUT2D eigenvalue weighted by atomic mass is 16.2. The lowest BCUT2D eigenvalue weighted by Gasteiger charge is -2.39. The third-order valence-electron chi connectivity index (χ3n) is 8.44. The third kappa shape index (κ3) is 7.95. The van der Waals surface area contributed by atoms with Gasteiger partial charge in [0.2, 0.25) is 0 Å². The first kappa shape index (κ1) is 28.8. The Kier molecular flexibility index (Phi) is 10.0. The van der Waals surface area contributed by atoms with E-state index in [0.29, 0.717) is 6.54 Å². The van der Waals surface area contributed by atoms with Crippen LogP contribution in [-0.2, 0) is 19.5 Å². The van der Waals surface area contributed by atoms with Crippen LogP contribution in [0, 0.1) is 6.92 Å². The Morgan fingerprint density at radius 2 is 1.46 bits per heavy atom. The van der Waals surface area contributed by atoms with E-state index in [1.54, 1.807) is 0 Å². The average Bonchev–Trinajstić information content (AvgIpc) is 3.01. The van der Waals surface area contributed by atoms with Crippen LogP contribution in [0.25, 0.3) is 11.1 Å². The fourth-order valence-electron chi connectivity index (χ4n) is 5.98. The van der Waals surface area contributed by atoms with Gasteiger partial charge in [-0.3, -0.25) is 9.69 Å². The third-order valence-corrected chi connectivity index (χ3v) is 8.44. The zero-order chi connectivity index (χ0) is 28.4. The van der Waals surface area contributed by atoms with Crippen LogP contribution in [0.4, 0.5) is 0 Å². The van der Waals surface area contributed by atoms with E-state index in [9.17, 15) is 4.79 Å². The van der Waals surface area contributed by atoms with Crippen molar-refractivity contribution < 1.29 is 4.79 Å². The number of hydrogen-bond acceptors (Lipinski definition) is 2. The smallest absolute Gasteiger partial charge is 0.254 e. The molecule has 0 bridgehead atoms. The molecule has 3 nitrogen and oxygen atoms in total. The molecule has 1 aliphatic heterocycles. The molecule has 0 atom stereocenters. The predicted octanol–water partition coefficient (Wildman–Crippen LogP) is 8.70. The standard InChI is InChI=1S/C38H44N2O/c1-3-4-6-11-31-15-21-35(22-16-31)38(41)40(37-23-25-39(26-24-37)28-32-12-7-5-8-13-32)29-33-17-19-34(20-18-33)36-14-9-10-30(2)27-36/h5,7-10,12-22,27,37H,3-4,6,11,23-26,28-29H2,1-2H3. The maximum absolute atomic E-state index is 14.0. The van der Waals surface area contributed by atoms with Crippen molar-refractivity contribution in [2.24, 2.45) is 0 Å². The van der Waals surface area contributed by atoms with Gasteiger partial charge in [-0.15, -0.1) is 0 Å². The molecule has 1 saturated heterocycles. The Morgan fingerprint density at radius 1 is 0.756 bits per heavy atom. The Bertz CT molecular complexity index is 1370. The highest BCUT2D eigenvalue weighted by molar-refractivity contribution is 5.94. The number of aryl methyl sites for hydroxylation is 2. The van der Waals surface area contributed by atoms with Crippen molar-refractivity contribution in [1.29, 1.82) is 0 Å². The summed E-state index contributed by atoms with van der Waals surface area (Å²) in [7, 11) is 0. The van der Waals surface area contributed by atoms with Crippen molar-refractivity contribution in [3.05, 3.63) is 131 Å². The number of rotatable bonds is 11. The molecule has 4 aromatic carbocycles. The number of amides is 1. The van der Waals surface area contributed by atoms with E-state index >= 15 is 0 Å². The summed E-state index contributed by atoms with van der Waals surface area (Å²) in [6, 6.07) is 36.7. The quantitative estimate of drug-likeness (QED) is 0.176. The second-order valence-corrected chi connectivity index (χ2v) is 11.6. The lowest BCUT2D eigenvalue weighted by Crippen LogP contribution is -2.46. The molecule has 0 spiro atoms. The molecule has 0 aliphatic carbocycles. The molecule has 1 amide bonds. The summed E-state index contributed by atoms with van der Waals surface area (Å²) < 4.78 is 0. The van der Waals surface area contributed by atoms with Crippen molar-refractivity contribution in [3.8, 4) is 11.1 Å². The van der Waals surface area contributed by atoms with E-state index in [0.717, 1.165) is 44.5 Å². The van der Waals surface area contributed by atoms with Gasteiger partial charge in [-0.25, -0.2) is 0 Å². The summed E-state index contributed by atoms with van der Waals surface area (Å²) in [5.41, 5.74) is 8.36. The second-order valence-electron chi connectivity index (χ2n) is 11.6. The minimum absolute atomic E-state index is 0.148. The lowest BCUT2D eigenvalue weighted by atomic mass is 9.98. The predicted molar refractivity (Wildman–Crippen MR) is 171 cm³/mol. The molecular weight excluding hydrogens is 500 g/mol. The van der Waals surface area contributed by atoms with Crippen LogP contribution < -0.4 is 0 Å². The molecule has 0 radical (unpaired) electrons. The van der Waals surface area contributed by atoms with E-state index in [4.69, 9.17) is 0 Å². The molecule has 0 N–H and O–H groups in total. The molecule has 212 valence electrons. The van der Waals surface area contributed by atoms with E-state index in [-0.39, 0.29) is 11.9 Å². The van der Waals surface area contributed by atoms with E-state index in [1.807, 2.05) is 12.1 Å². The number of carbonyl (C=O) groups excluding carboxylic acids is 1. The Labute approximate surface area is 246 Å². The number of hydrogen-bond donors (Lipinski definition) is 0. The summed E-state index contributed by atoms with van der Waals surface area (Å²) in [4.78, 5) is 18.7. The van der Waals surface area contributed by atoms with Crippen LogP contribution in [0.15, 0.2) is 103 Å². The second kappa shape index (κ2) is 14.3. The first-order valence-electron chi connectivity index (χ1n) is 15.4. The molecule has 0 unspecified atom stereocenters. The molecule has 0 saturated carbocycles. The fourth-order valence-corrected chi connectivity index (χ4v) is 5.98. The van der Waals surface area contributed by atoms with Crippen molar-refractivity contribution in [3.63, 3.8) is 0 Å². The highest BCUT2D eigenvalue weighted by Gasteiger charge is 2.29. The largest absolute Gasteiger partial charge is 0.331 e. The van der Waals surface area contributed by atoms with E-state index < -0.39 is 0 Å². The number of carbonyl (C=O) groups is 1. The minimum Gasteiger partial charge on any atom is -0.331 e. The molecule has 3 heteroatoms. The normalized spacial score (nSPS) is 14.2. The summed E-state index contributed by atoms with van der Waals surface area (Å²) >= 11 is 0. The first-order valence-corrected chi connectivity index (χ1v) is 15.4. The van der Waals surface area contributed by atoms with Crippen molar-refractivity contribution in [2.45, 2.75) is 71.5 Å². The van der Waals surface area contributed by atoms with Crippen LogP contribution >= 0.6 is 0 Å². The summed E-state index contributed by atoms with van der Waals surface area (Å²) in [6.45, 7) is 7.98. The lowest BCUT2D eigenvalue weighted by molar-refractivity contribution is 0.0543. The maximum atomic E-state index is 14.0. The van der Waals surface area contributed by atoms with Crippen LogP contribution in [0.3, 0.4) is 0 Å². The summed E-state index contributed by atoms with van der Waals surface area (Å²) in [5.74, 6) is 0.148. The monoisotopic (exact) mass is 544 g/mol. The van der Waals surface area contributed by atoms with Gasteiger partial charge in [0.1, 0.15) is 0 Å². The highest BCUT2D eigenvalue weighted by Crippen LogP contribution is 2.25. The number of likely N-dealkylation sites (tertiary alicyclic amines) is 1. The minimum atomic E-state index is 0.148. The van der Waals surface area contributed by atoms with Crippen LogP contribution in [0.2, 0.25) is 0 Å². The Morgan fingerprint density at radius 3 is 2.15 bits per heavy atom. The van der Waals surface area contributed by atoms with Crippen LogP contribution in [0.5, 0.6) is 0 Å². The van der Waals surface area contributed by atoms with Gasteiger partial charge in [0.05, 0.1) is 0 Å². The van der Waals surface area contributed by atoms with Gasteiger partial charge >= 0.3 is 0 Å². The van der Waals surface area contributed by atoms with Gasteiger partial charge in [-0.05, 0) is 72.6 Å². The van der Waals surface area contributed by atoms with Gasteiger partial charge in [0.25, 0.3) is 5.91 Å². The zero-order valence-corrected chi connectivity index (χ0v) is 24.8. The van der Waals surface area contributed by atoms with Crippen molar-refractivity contribution >= 4 is 5.91 Å². The zero-order valence-electron chi connectivity index (χ0n) is 24.8.